The molecule has 1 aliphatic carbocycles. The van der Waals surface area contributed by atoms with Crippen molar-refractivity contribution in [3.8, 4) is 22.5 Å². The van der Waals surface area contributed by atoms with E-state index in [1.165, 1.54) is 6.07 Å². The van der Waals surface area contributed by atoms with E-state index in [1.807, 2.05) is 54.6 Å². The third kappa shape index (κ3) is 6.80. The quantitative estimate of drug-likeness (QED) is 0.0625. The summed E-state index contributed by atoms with van der Waals surface area (Å²) in [6, 6.07) is 28.9. The summed E-state index contributed by atoms with van der Waals surface area (Å²) in [5.74, 6) is 0.575. The van der Waals surface area contributed by atoms with Crippen LogP contribution in [-0.2, 0) is 23.4 Å². The van der Waals surface area contributed by atoms with E-state index in [4.69, 9.17) is 17.7 Å². The van der Waals surface area contributed by atoms with Gasteiger partial charge < -0.3 is 27.1 Å². The molecule has 0 radical (unpaired) electrons. The summed E-state index contributed by atoms with van der Waals surface area (Å²) in [5, 5.41) is 1.65. The molecule has 1 aliphatic heterocycles. The molecule has 5 rings (SSSR count). The van der Waals surface area contributed by atoms with Crippen LogP contribution in [0.1, 0.15) is 20.3 Å². The summed E-state index contributed by atoms with van der Waals surface area (Å²) >= 11 is 0. The third-order valence-corrected chi connectivity index (χ3v) is 12.1. The molecule has 0 amide bonds. The molecule has 3 aromatic rings. The summed E-state index contributed by atoms with van der Waals surface area (Å²) in [7, 11) is -2.62. The maximum atomic E-state index is 12.4. The summed E-state index contributed by atoms with van der Waals surface area (Å²) in [6.45, 7) is 6.38. The minimum Gasteiger partial charge on any atom is -0.744 e. The van der Waals surface area contributed by atoms with E-state index in [9.17, 15) is 13.0 Å². The number of benzene rings is 4. The molecule has 0 saturated heterocycles. The lowest BCUT2D eigenvalue weighted by Gasteiger charge is -2.24. The van der Waals surface area contributed by atoms with Crippen molar-refractivity contribution in [2.75, 3.05) is 45.9 Å². The van der Waals surface area contributed by atoms with Crippen LogP contribution in [0.25, 0.3) is 33.4 Å². The average molecular weight is 661 g/mol. The Hall–Kier alpha value is -3.84. The maximum Gasteiger partial charge on any atom is 0.500 e. The number of hydrogen-bond donors (Lipinski definition) is 0. The van der Waals surface area contributed by atoms with Gasteiger partial charge in [-0.15, -0.1) is 0 Å². The number of fused-ring (bicyclic) bond motifs is 2. The highest BCUT2D eigenvalue weighted by Crippen LogP contribution is 2.43. The Balaban J connectivity index is 1.72. The Morgan fingerprint density at radius 1 is 0.826 bits per heavy atom. The Kier molecular flexibility index (Phi) is 10.4. The molecule has 242 valence electrons. The van der Waals surface area contributed by atoms with Gasteiger partial charge in [-0.3, -0.25) is 0 Å². The first kappa shape index (κ1) is 33.5. The van der Waals surface area contributed by atoms with Gasteiger partial charge in [-0.1, -0.05) is 36.4 Å². The lowest BCUT2D eigenvalue weighted by atomic mass is 9.93. The fourth-order valence-corrected chi connectivity index (χ4v) is 8.44. The van der Waals surface area contributed by atoms with Gasteiger partial charge in [0.15, 0.2) is 0 Å². The van der Waals surface area contributed by atoms with Gasteiger partial charge in [-0.2, -0.15) is 0 Å². The van der Waals surface area contributed by atoms with E-state index >= 15 is 0 Å². The van der Waals surface area contributed by atoms with Crippen molar-refractivity contribution < 1.29 is 30.7 Å². The molecule has 0 saturated carbocycles. The smallest absolute Gasteiger partial charge is 0.500 e. The molecule has 0 spiro atoms. The number of para-hydroxylation sites is 1. The highest BCUT2D eigenvalue weighted by atomic mass is 32.2. The van der Waals surface area contributed by atoms with E-state index in [0.29, 0.717) is 39.5 Å². The molecule has 0 atom stereocenters. The van der Waals surface area contributed by atoms with Crippen LogP contribution in [0.4, 0.5) is 11.4 Å². The Morgan fingerprint density at radius 2 is 1.52 bits per heavy atom. The second-order valence-corrected chi connectivity index (χ2v) is 15.3. The molecular weight excluding hydrogens is 621 g/mol. The average Bonchev–Trinajstić information content (AvgIpc) is 3.08. The van der Waals surface area contributed by atoms with E-state index in [0.717, 1.165) is 42.8 Å². The Bertz CT molecular complexity index is 1950. The van der Waals surface area contributed by atoms with Crippen molar-refractivity contribution in [2.45, 2.75) is 31.2 Å². The molecule has 2 aliphatic rings. The maximum absolute atomic E-state index is 12.4. The minimum absolute atomic E-state index is 0.270. The number of anilines is 2. The van der Waals surface area contributed by atoms with Crippen molar-refractivity contribution in [2.24, 2.45) is 0 Å². The number of rotatable bonds is 13. The monoisotopic (exact) mass is 660 g/mol. The van der Waals surface area contributed by atoms with Crippen LogP contribution < -0.4 is 14.8 Å². The first-order chi connectivity index (χ1) is 22.2. The standard InChI is InChI=1S/C35H40N2O7SSi/c1-6-36(22-13-23-46(41-3,42-4)43-5)27-18-20-29-32(24-27)44-33-25-28(37(7-2)26-14-9-8-10-15-26)19-21-30(33)35(29)31-16-11-12-17-34(31)45(38,39)40/h8-12,14-21,24-25H,6-7,13,22-23H2,1-5H3. The van der Waals surface area contributed by atoms with Crippen LogP contribution in [0.15, 0.2) is 100 Å². The van der Waals surface area contributed by atoms with Gasteiger partial charge in [0.1, 0.15) is 34.6 Å². The zero-order valence-electron chi connectivity index (χ0n) is 26.9. The van der Waals surface area contributed by atoms with Crippen molar-refractivity contribution in [3.05, 3.63) is 96.4 Å². The second kappa shape index (κ2) is 14.3. The Morgan fingerprint density at radius 3 is 2.17 bits per heavy atom. The van der Waals surface area contributed by atoms with Crippen molar-refractivity contribution in [3.63, 3.8) is 0 Å². The van der Waals surface area contributed by atoms with Crippen LogP contribution in [0, 0.1) is 0 Å². The van der Waals surface area contributed by atoms with Crippen molar-refractivity contribution >= 4 is 41.3 Å². The van der Waals surface area contributed by atoms with Crippen molar-refractivity contribution in [1.29, 1.82) is 0 Å². The molecule has 0 N–H and O–H groups in total. The third-order valence-electron chi connectivity index (χ3n) is 8.40. The Labute approximate surface area is 271 Å². The fourth-order valence-electron chi connectivity index (χ4n) is 6.05. The molecule has 9 nitrogen and oxygen atoms in total. The van der Waals surface area contributed by atoms with Gasteiger partial charge >= 0.3 is 8.80 Å². The summed E-state index contributed by atoms with van der Waals surface area (Å²) < 4.78 is 63.0. The highest BCUT2D eigenvalue weighted by Gasteiger charge is 2.37. The topological polar surface area (TPSA) is 104 Å². The number of hydrogen-bond acceptors (Lipinski definition) is 8. The zero-order chi connectivity index (χ0) is 32.9. The van der Waals surface area contributed by atoms with Gasteiger partial charge in [-0.25, -0.2) is 13.0 Å². The van der Waals surface area contributed by atoms with Gasteiger partial charge in [0.25, 0.3) is 0 Å². The predicted octanol–water partition coefficient (Wildman–Crippen LogP) is 6.33. The SMILES string of the molecule is CCN(c1ccccc1)c1ccc2c(-c3ccccc3S(=O)(=O)[O-])c3ccc(=[N+](CC)CCC[Si](OC)(OC)OC)cc-3oc2c1. The summed E-state index contributed by atoms with van der Waals surface area (Å²) in [6.07, 6.45) is 0.790. The molecule has 0 aromatic heterocycles. The summed E-state index contributed by atoms with van der Waals surface area (Å²) in [4.78, 5) is 1.90. The molecular formula is C35H40N2O7SSi. The normalized spacial score (nSPS) is 12.9. The molecule has 0 unspecified atom stereocenters. The first-order valence-electron chi connectivity index (χ1n) is 15.3. The van der Waals surface area contributed by atoms with Crippen LogP contribution >= 0.6 is 0 Å². The lowest BCUT2D eigenvalue weighted by Crippen LogP contribution is -2.43. The number of nitrogens with zero attached hydrogens (tertiary/aromatic N) is 2. The summed E-state index contributed by atoms with van der Waals surface area (Å²) in [5.41, 5.74) is 4.21. The van der Waals surface area contributed by atoms with E-state index in [1.54, 1.807) is 39.5 Å². The molecule has 0 bridgehead atoms. The van der Waals surface area contributed by atoms with Crippen LogP contribution in [0.3, 0.4) is 0 Å². The van der Waals surface area contributed by atoms with E-state index in [2.05, 4.69) is 35.5 Å². The van der Waals surface area contributed by atoms with E-state index < -0.39 is 18.9 Å². The molecule has 0 fully saturated rings. The van der Waals surface area contributed by atoms with E-state index in [-0.39, 0.29) is 4.90 Å². The van der Waals surface area contributed by atoms with Crippen LogP contribution in [0.2, 0.25) is 6.04 Å². The second-order valence-electron chi connectivity index (χ2n) is 10.8. The molecule has 1 heterocycles. The fraction of sp³-hybridized carbons (Fsp3) is 0.286. The minimum atomic E-state index is -4.76. The highest BCUT2D eigenvalue weighted by molar-refractivity contribution is 7.85. The first-order valence-corrected chi connectivity index (χ1v) is 18.6. The van der Waals surface area contributed by atoms with Gasteiger partial charge in [-0.05, 0) is 50.2 Å². The molecule has 46 heavy (non-hydrogen) atoms. The largest absolute Gasteiger partial charge is 0.744 e. The van der Waals surface area contributed by atoms with Gasteiger partial charge in [0.2, 0.25) is 5.36 Å². The van der Waals surface area contributed by atoms with Gasteiger partial charge in [0, 0.05) is 85.9 Å². The lowest BCUT2D eigenvalue weighted by molar-refractivity contribution is 0.123. The van der Waals surface area contributed by atoms with Crippen LogP contribution in [0.5, 0.6) is 0 Å². The van der Waals surface area contributed by atoms with Crippen LogP contribution in [-0.4, -0.2) is 62.7 Å². The van der Waals surface area contributed by atoms with Crippen molar-refractivity contribution in [1.82, 2.24) is 4.58 Å². The zero-order valence-corrected chi connectivity index (χ0v) is 28.7. The molecule has 3 aromatic carbocycles. The predicted molar refractivity (Wildman–Crippen MR) is 182 cm³/mol. The van der Waals surface area contributed by atoms with Gasteiger partial charge in [0.05, 0.1) is 11.0 Å². The molecule has 11 heteroatoms.